The van der Waals surface area contributed by atoms with Crippen molar-refractivity contribution in [3.8, 4) is 0 Å². The Kier molecular flexibility index (Phi) is 32.0. The fourth-order valence-corrected chi connectivity index (χ4v) is 0.643. The Morgan fingerprint density at radius 3 is 1.94 bits per heavy atom. The lowest BCUT2D eigenvalue weighted by molar-refractivity contribution is -0.138. The molecule has 16 heavy (non-hydrogen) atoms. The van der Waals surface area contributed by atoms with Crippen molar-refractivity contribution in [2.75, 3.05) is 6.54 Å². The van der Waals surface area contributed by atoms with Gasteiger partial charge in [0, 0.05) is 6.54 Å². The van der Waals surface area contributed by atoms with E-state index in [1.165, 1.54) is 0 Å². The van der Waals surface area contributed by atoms with Gasteiger partial charge in [-0.15, -0.1) is 49.6 Å². The fraction of sp³-hybridized carbons (Fsp3) is 0.667. The van der Waals surface area contributed by atoms with Gasteiger partial charge < -0.3 is 22.3 Å². The molecule has 0 aromatic carbocycles. The lowest BCUT2D eigenvalue weighted by Crippen LogP contribution is -2.30. The van der Waals surface area contributed by atoms with Gasteiger partial charge in [-0.3, -0.25) is 9.79 Å². The first-order chi connectivity index (χ1) is 5.54. The molecule has 7 N–H and O–H groups in total. The summed E-state index contributed by atoms with van der Waals surface area (Å²) in [5, 5.41) is 8.38. The van der Waals surface area contributed by atoms with E-state index in [1.54, 1.807) is 0 Å². The Morgan fingerprint density at radius 2 is 1.62 bits per heavy atom. The second kappa shape index (κ2) is 17.3. The molecular formula is C6H18Cl4N4O2. The predicted octanol–water partition coefficient (Wildman–Crippen LogP) is 0.139. The van der Waals surface area contributed by atoms with Crippen LogP contribution in [0.1, 0.15) is 12.8 Å². The number of rotatable bonds is 5. The molecule has 0 saturated carbocycles. The van der Waals surface area contributed by atoms with E-state index in [0.29, 0.717) is 19.4 Å². The van der Waals surface area contributed by atoms with Gasteiger partial charge in [0.25, 0.3) is 0 Å². The summed E-state index contributed by atoms with van der Waals surface area (Å²) in [4.78, 5) is 13.9. The normalized spacial score (nSPS) is 9.06. The molecule has 0 saturated heterocycles. The van der Waals surface area contributed by atoms with E-state index in [0.717, 1.165) is 0 Å². The van der Waals surface area contributed by atoms with Crippen molar-refractivity contribution in [3.63, 3.8) is 0 Å². The summed E-state index contributed by atoms with van der Waals surface area (Å²) in [5.74, 6) is -0.987. The molecule has 1 atom stereocenters. The standard InChI is InChI=1S/C6H14N4O2.4ClH/c7-4(5(11)12)2-1-3-10-6(8)9;;;;/h4H,1-3,7H2,(H,11,12)(H4,8,9,10);4*1H. The minimum Gasteiger partial charge on any atom is -0.480 e. The van der Waals surface area contributed by atoms with Gasteiger partial charge in [0.15, 0.2) is 5.96 Å². The van der Waals surface area contributed by atoms with Crippen LogP contribution in [0.5, 0.6) is 0 Å². The van der Waals surface area contributed by atoms with Crippen molar-refractivity contribution in [1.82, 2.24) is 0 Å². The lowest BCUT2D eigenvalue weighted by atomic mass is 10.2. The highest BCUT2D eigenvalue weighted by Crippen LogP contribution is 1.94. The number of aliphatic imine (C=N–C) groups is 1. The number of aliphatic carboxylic acids is 1. The Morgan fingerprint density at radius 1 is 1.19 bits per heavy atom. The van der Waals surface area contributed by atoms with Crippen LogP contribution < -0.4 is 17.2 Å². The van der Waals surface area contributed by atoms with Crippen LogP contribution in [0, 0.1) is 0 Å². The molecule has 0 heterocycles. The number of nitrogens with zero attached hydrogens (tertiary/aromatic N) is 1. The molecule has 0 aromatic rings. The van der Waals surface area contributed by atoms with Crippen LogP contribution in [0.25, 0.3) is 0 Å². The Hall–Kier alpha value is -0.140. The maximum absolute atomic E-state index is 10.2. The van der Waals surface area contributed by atoms with Crippen molar-refractivity contribution < 1.29 is 9.90 Å². The van der Waals surface area contributed by atoms with Crippen molar-refractivity contribution >= 4 is 61.6 Å². The second-order valence-electron chi connectivity index (χ2n) is 2.39. The summed E-state index contributed by atoms with van der Waals surface area (Å²) in [7, 11) is 0. The van der Waals surface area contributed by atoms with Crippen molar-refractivity contribution in [1.29, 1.82) is 0 Å². The number of carbonyl (C=O) groups is 1. The molecule has 0 radical (unpaired) electrons. The number of nitrogens with two attached hydrogens (primary N) is 3. The summed E-state index contributed by atoms with van der Waals surface area (Å²) in [5.41, 5.74) is 15.3. The minimum absolute atomic E-state index is 0. The van der Waals surface area contributed by atoms with Crippen molar-refractivity contribution in [2.24, 2.45) is 22.2 Å². The van der Waals surface area contributed by atoms with Crippen LogP contribution >= 0.6 is 49.6 Å². The first-order valence-electron chi connectivity index (χ1n) is 3.58. The van der Waals surface area contributed by atoms with Gasteiger partial charge in [-0.1, -0.05) is 0 Å². The van der Waals surface area contributed by atoms with Crippen LogP contribution in [-0.2, 0) is 4.79 Å². The molecule has 102 valence electrons. The van der Waals surface area contributed by atoms with E-state index in [1.807, 2.05) is 0 Å². The van der Waals surface area contributed by atoms with Gasteiger partial charge in [0.2, 0.25) is 0 Å². The Labute approximate surface area is 119 Å². The molecule has 10 heteroatoms. The molecule has 0 aliphatic heterocycles. The van der Waals surface area contributed by atoms with Crippen molar-refractivity contribution in [2.45, 2.75) is 18.9 Å². The summed E-state index contributed by atoms with van der Waals surface area (Å²) < 4.78 is 0. The molecule has 0 aliphatic rings. The summed E-state index contributed by atoms with van der Waals surface area (Å²) >= 11 is 0. The number of halogens is 4. The van der Waals surface area contributed by atoms with E-state index in [2.05, 4.69) is 4.99 Å². The molecule has 1 unspecified atom stereocenters. The van der Waals surface area contributed by atoms with E-state index in [4.69, 9.17) is 22.3 Å². The smallest absolute Gasteiger partial charge is 0.320 e. The Balaban J connectivity index is -0.000000101. The number of carboxylic acids is 1. The van der Waals surface area contributed by atoms with Gasteiger partial charge in [-0.25, -0.2) is 0 Å². The number of hydrogen-bond donors (Lipinski definition) is 4. The van der Waals surface area contributed by atoms with Crippen molar-refractivity contribution in [3.05, 3.63) is 0 Å². The zero-order valence-electron chi connectivity index (χ0n) is 8.37. The van der Waals surface area contributed by atoms with E-state index < -0.39 is 12.0 Å². The summed E-state index contributed by atoms with van der Waals surface area (Å²) in [6, 6.07) is -0.820. The van der Waals surface area contributed by atoms with Gasteiger partial charge in [-0.2, -0.15) is 0 Å². The largest absolute Gasteiger partial charge is 0.480 e. The van der Waals surface area contributed by atoms with Crippen LogP contribution in [0.3, 0.4) is 0 Å². The summed E-state index contributed by atoms with van der Waals surface area (Å²) in [6.45, 7) is 0.420. The molecule has 6 nitrogen and oxygen atoms in total. The second-order valence-corrected chi connectivity index (χ2v) is 2.39. The lowest BCUT2D eigenvalue weighted by Gasteiger charge is -2.03. The van der Waals surface area contributed by atoms with Crippen LogP contribution in [-0.4, -0.2) is 29.6 Å². The molecule has 0 bridgehead atoms. The maximum atomic E-state index is 10.2. The highest BCUT2D eigenvalue weighted by atomic mass is 35.5. The first-order valence-corrected chi connectivity index (χ1v) is 3.58. The highest BCUT2D eigenvalue weighted by molar-refractivity contribution is 5.86. The summed E-state index contributed by atoms with van der Waals surface area (Å²) in [6.07, 6.45) is 0.956. The third kappa shape index (κ3) is 19.4. The van der Waals surface area contributed by atoms with Crippen LogP contribution in [0.4, 0.5) is 0 Å². The van der Waals surface area contributed by atoms with Gasteiger partial charge in [0.05, 0.1) is 0 Å². The zero-order valence-corrected chi connectivity index (χ0v) is 11.6. The van der Waals surface area contributed by atoms with E-state index in [-0.39, 0.29) is 55.6 Å². The fourth-order valence-electron chi connectivity index (χ4n) is 0.643. The minimum atomic E-state index is -1.00. The van der Waals surface area contributed by atoms with Gasteiger partial charge >= 0.3 is 5.97 Å². The number of hydrogen-bond acceptors (Lipinski definition) is 3. The quantitative estimate of drug-likeness (QED) is 0.325. The average molecular weight is 320 g/mol. The topological polar surface area (TPSA) is 128 Å². The molecule has 0 fully saturated rings. The number of carboxylic acid groups (broad SMARTS) is 1. The van der Waals surface area contributed by atoms with Crippen LogP contribution in [0.15, 0.2) is 4.99 Å². The predicted molar refractivity (Wildman–Crippen MR) is 74.5 cm³/mol. The average Bonchev–Trinajstić information content (AvgIpc) is 1.97. The molecule has 0 aromatic heterocycles. The Bertz CT molecular complexity index is 189. The van der Waals surface area contributed by atoms with Crippen LogP contribution in [0.2, 0.25) is 0 Å². The highest BCUT2D eigenvalue weighted by Gasteiger charge is 2.09. The maximum Gasteiger partial charge on any atom is 0.320 e. The van der Waals surface area contributed by atoms with Gasteiger partial charge in [-0.05, 0) is 12.8 Å². The molecule has 0 amide bonds. The third-order valence-electron chi connectivity index (χ3n) is 1.28. The van der Waals surface area contributed by atoms with E-state index >= 15 is 0 Å². The van der Waals surface area contributed by atoms with E-state index in [9.17, 15) is 4.79 Å². The zero-order chi connectivity index (χ0) is 9.56. The number of guanidine groups is 1. The molecular weight excluding hydrogens is 302 g/mol. The SMILES string of the molecule is Cl.Cl.Cl.Cl.NC(N)=NCCCC(N)C(=O)O. The molecule has 0 rings (SSSR count). The third-order valence-corrected chi connectivity index (χ3v) is 1.28. The molecule has 0 aliphatic carbocycles. The molecule has 0 spiro atoms. The van der Waals surface area contributed by atoms with Gasteiger partial charge in [0.1, 0.15) is 6.04 Å². The monoisotopic (exact) mass is 318 g/mol. The first kappa shape index (κ1) is 29.7.